The fraction of sp³-hybridized carbons (Fsp3) is 0.735. The molecule has 0 bridgehead atoms. The molecule has 2 aliphatic rings. The number of aliphatic carboxylic acids is 2. The molecule has 55 heavy (non-hydrogen) atoms. The van der Waals surface area contributed by atoms with Crippen LogP contribution < -0.4 is 32.3 Å². The number of aliphatic hydroxyl groups is 2. The van der Waals surface area contributed by atoms with Crippen LogP contribution in [0, 0.1) is 11.8 Å². The molecule has 0 aromatic heterocycles. The van der Waals surface area contributed by atoms with Crippen LogP contribution in [0.1, 0.15) is 73.1 Å². The second-order valence-electron chi connectivity index (χ2n) is 14.6. The van der Waals surface area contributed by atoms with Crippen molar-refractivity contribution in [3.8, 4) is 0 Å². The van der Waals surface area contributed by atoms with Crippen molar-refractivity contribution in [1.82, 2.24) is 36.4 Å². The van der Waals surface area contributed by atoms with Gasteiger partial charge in [-0.2, -0.15) is 0 Å². The van der Waals surface area contributed by atoms with Crippen LogP contribution in [0.2, 0.25) is 0 Å². The van der Waals surface area contributed by atoms with Crippen molar-refractivity contribution >= 4 is 53.3 Å². The van der Waals surface area contributed by atoms with Crippen molar-refractivity contribution in [2.24, 2.45) is 17.6 Å². The second kappa shape index (κ2) is 21.3. The molecule has 0 saturated carbocycles. The van der Waals surface area contributed by atoms with Crippen molar-refractivity contribution in [3.63, 3.8) is 0 Å². The van der Waals surface area contributed by atoms with Crippen molar-refractivity contribution in [3.05, 3.63) is 0 Å². The summed E-state index contributed by atoms with van der Waals surface area (Å²) in [6, 6.07) is -10.4. The largest absolute Gasteiger partial charge is 0.481 e. The van der Waals surface area contributed by atoms with E-state index in [1.807, 2.05) is 19.2 Å². The van der Waals surface area contributed by atoms with Crippen LogP contribution in [0.5, 0.6) is 0 Å². The Morgan fingerprint density at radius 2 is 1.11 bits per heavy atom. The van der Waals surface area contributed by atoms with Gasteiger partial charge in [0, 0.05) is 13.1 Å². The second-order valence-corrected chi connectivity index (χ2v) is 14.6. The minimum atomic E-state index is -1.86. The van der Waals surface area contributed by atoms with Crippen LogP contribution in [0.4, 0.5) is 0 Å². The van der Waals surface area contributed by atoms with Crippen LogP contribution in [0.15, 0.2) is 0 Å². The first-order valence-electron chi connectivity index (χ1n) is 18.3. The lowest BCUT2D eigenvalue weighted by molar-refractivity contribution is -0.145. The predicted octanol–water partition coefficient (Wildman–Crippen LogP) is -4.01. The Kier molecular flexibility index (Phi) is 17.9. The quantitative estimate of drug-likeness (QED) is 0.0563. The van der Waals surface area contributed by atoms with Crippen molar-refractivity contribution in [1.29, 1.82) is 0 Å². The molecule has 21 nitrogen and oxygen atoms in total. The standard InChI is InChI=1S/C34H56N8O13/c1-16(2)12-20(38-27(47)18(5)36-30(50)23-8-7-11-42(23)33(53)26(35)17(3)4)32(52)41-10-6-9-24(41)31(51)39-21(14-43)29(49)37-19(13-25(45)46)28(48)40-22(15-44)34(54)55/h16-24,26,43-44H,6-15,35H2,1-5H3,(H,36,50)(H,37,49)(H,38,47)(H,39,51)(H,40,48)(H,45,46)(H,54,55). The normalized spacial score (nSPS) is 20.1. The Hall–Kier alpha value is -4.89. The molecule has 2 heterocycles. The van der Waals surface area contributed by atoms with Gasteiger partial charge in [0.25, 0.3) is 0 Å². The van der Waals surface area contributed by atoms with E-state index in [1.54, 1.807) is 13.8 Å². The molecule has 8 atom stereocenters. The van der Waals surface area contributed by atoms with E-state index in [1.165, 1.54) is 16.7 Å². The zero-order valence-electron chi connectivity index (χ0n) is 31.8. The fourth-order valence-electron chi connectivity index (χ4n) is 6.22. The summed E-state index contributed by atoms with van der Waals surface area (Å²) in [6.07, 6.45) is 0.619. The molecular weight excluding hydrogens is 728 g/mol. The Bertz CT molecular complexity index is 1440. The molecule has 0 spiro atoms. The molecule has 7 amide bonds. The number of aliphatic hydroxyl groups excluding tert-OH is 2. The van der Waals surface area contributed by atoms with Gasteiger partial charge in [0.15, 0.2) is 0 Å². The maximum absolute atomic E-state index is 13.9. The van der Waals surface area contributed by atoms with Gasteiger partial charge in [0.05, 0.1) is 25.7 Å². The molecule has 2 fully saturated rings. The first kappa shape index (κ1) is 46.3. The minimum Gasteiger partial charge on any atom is -0.481 e. The van der Waals surface area contributed by atoms with E-state index in [4.69, 9.17) is 10.8 Å². The monoisotopic (exact) mass is 784 g/mol. The van der Waals surface area contributed by atoms with E-state index in [-0.39, 0.29) is 37.1 Å². The number of nitrogens with zero attached hydrogens (tertiary/aromatic N) is 2. The third-order valence-electron chi connectivity index (χ3n) is 9.38. The lowest BCUT2D eigenvalue weighted by Crippen LogP contribution is -2.60. The van der Waals surface area contributed by atoms with Gasteiger partial charge in [-0.1, -0.05) is 27.7 Å². The van der Waals surface area contributed by atoms with E-state index in [0.717, 1.165) is 0 Å². The van der Waals surface area contributed by atoms with E-state index in [2.05, 4.69) is 21.3 Å². The van der Waals surface area contributed by atoms with Gasteiger partial charge < -0.3 is 62.5 Å². The van der Waals surface area contributed by atoms with Gasteiger partial charge in [0.1, 0.15) is 42.3 Å². The van der Waals surface area contributed by atoms with Gasteiger partial charge in [-0.05, 0) is 50.9 Å². The maximum atomic E-state index is 13.9. The topological polar surface area (TPSA) is 327 Å². The number of amides is 7. The summed E-state index contributed by atoms with van der Waals surface area (Å²) in [7, 11) is 0. The Balaban J connectivity index is 2.13. The van der Waals surface area contributed by atoms with E-state index in [0.29, 0.717) is 25.8 Å². The Morgan fingerprint density at radius 3 is 1.58 bits per heavy atom. The summed E-state index contributed by atoms with van der Waals surface area (Å²) in [5.74, 6) is -8.97. The van der Waals surface area contributed by atoms with Crippen LogP contribution in [0.25, 0.3) is 0 Å². The molecule has 8 unspecified atom stereocenters. The predicted molar refractivity (Wildman–Crippen MR) is 191 cm³/mol. The smallest absolute Gasteiger partial charge is 0.328 e. The summed E-state index contributed by atoms with van der Waals surface area (Å²) in [5.41, 5.74) is 6.04. The first-order chi connectivity index (χ1) is 25.7. The lowest BCUT2D eigenvalue weighted by atomic mass is 10.0. The zero-order valence-corrected chi connectivity index (χ0v) is 31.8. The summed E-state index contributed by atoms with van der Waals surface area (Å²) < 4.78 is 0. The number of carbonyl (C=O) groups is 9. The van der Waals surface area contributed by atoms with Gasteiger partial charge in [-0.3, -0.25) is 38.4 Å². The van der Waals surface area contributed by atoms with Crippen LogP contribution in [-0.4, -0.2) is 158 Å². The third-order valence-corrected chi connectivity index (χ3v) is 9.38. The molecule has 0 radical (unpaired) electrons. The molecular formula is C34H56N8O13. The van der Waals surface area contributed by atoms with E-state index >= 15 is 0 Å². The van der Waals surface area contributed by atoms with E-state index in [9.17, 15) is 58.5 Å². The molecule has 0 aliphatic carbocycles. The highest BCUT2D eigenvalue weighted by Crippen LogP contribution is 2.22. The Labute approximate surface area is 318 Å². The Morgan fingerprint density at radius 1 is 0.636 bits per heavy atom. The van der Waals surface area contributed by atoms with Crippen LogP contribution in [-0.2, 0) is 43.2 Å². The highest BCUT2D eigenvalue weighted by Gasteiger charge is 2.41. The van der Waals surface area contributed by atoms with Crippen molar-refractivity contribution in [2.75, 3.05) is 26.3 Å². The first-order valence-corrected chi connectivity index (χ1v) is 18.3. The third kappa shape index (κ3) is 13.1. The zero-order chi connectivity index (χ0) is 41.7. The number of carboxylic acids is 2. The number of hydrogen-bond donors (Lipinski definition) is 10. The number of nitrogens with one attached hydrogen (secondary N) is 5. The molecule has 2 rings (SSSR count). The molecule has 2 aliphatic heterocycles. The molecule has 2 saturated heterocycles. The molecule has 21 heteroatoms. The van der Waals surface area contributed by atoms with Crippen molar-refractivity contribution < 1.29 is 63.6 Å². The lowest BCUT2D eigenvalue weighted by Gasteiger charge is -2.31. The summed E-state index contributed by atoms with van der Waals surface area (Å²) in [4.78, 5) is 118. The van der Waals surface area contributed by atoms with E-state index < -0.39 is 115 Å². The average Bonchev–Trinajstić information content (AvgIpc) is 3.81. The number of carbonyl (C=O) groups excluding carboxylic acids is 7. The van der Waals surface area contributed by atoms with Gasteiger partial charge in [-0.15, -0.1) is 0 Å². The SMILES string of the molecule is CC(C)CC(NC(=O)C(C)NC(=O)C1CCCN1C(=O)C(N)C(C)C)C(=O)N1CCCC1C(=O)NC(CO)C(=O)NC(CC(=O)O)C(=O)NC(CO)C(=O)O. The highest BCUT2D eigenvalue weighted by atomic mass is 16.4. The minimum absolute atomic E-state index is 0.101. The van der Waals surface area contributed by atoms with Gasteiger partial charge in [0.2, 0.25) is 41.4 Å². The number of carboxylic acid groups (broad SMARTS) is 2. The average molecular weight is 785 g/mol. The molecule has 0 aromatic carbocycles. The molecule has 11 N–H and O–H groups in total. The van der Waals surface area contributed by atoms with Gasteiger partial charge >= 0.3 is 11.9 Å². The number of rotatable bonds is 20. The van der Waals surface area contributed by atoms with Gasteiger partial charge in [-0.25, -0.2) is 4.79 Å². The van der Waals surface area contributed by atoms with Crippen LogP contribution in [0.3, 0.4) is 0 Å². The highest BCUT2D eigenvalue weighted by molar-refractivity contribution is 5.98. The number of nitrogens with two attached hydrogens (primary N) is 1. The van der Waals surface area contributed by atoms with Crippen molar-refractivity contribution in [2.45, 2.75) is 121 Å². The van der Waals surface area contributed by atoms with Crippen LogP contribution >= 0.6 is 0 Å². The maximum Gasteiger partial charge on any atom is 0.328 e. The summed E-state index contributed by atoms with van der Waals surface area (Å²) >= 11 is 0. The fourth-order valence-corrected chi connectivity index (χ4v) is 6.22. The summed E-state index contributed by atoms with van der Waals surface area (Å²) in [5, 5.41) is 48.9. The summed E-state index contributed by atoms with van der Waals surface area (Å²) in [6.45, 7) is 7.05. The number of likely N-dealkylation sites (tertiary alicyclic amines) is 2. The number of hydrogen-bond acceptors (Lipinski definition) is 12. The molecule has 0 aromatic rings. The molecule has 310 valence electrons.